The van der Waals surface area contributed by atoms with Crippen molar-refractivity contribution in [2.24, 2.45) is 5.41 Å². The molecular weight excluding hydrogens is 205 g/mol. The van der Waals surface area contributed by atoms with Gasteiger partial charge < -0.3 is 9.64 Å². The van der Waals surface area contributed by atoms with E-state index in [1.165, 1.54) is 12.8 Å². The maximum absolute atomic E-state index is 13.0. The molecule has 0 amide bonds. The third kappa shape index (κ3) is 3.70. The van der Waals surface area contributed by atoms with Crippen LogP contribution >= 0.6 is 0 Å². The van der Waals surface area contributed by atoms with Crippen LogP contribution in [-0.4, -0.2) is 43.9 Å². The average Bonchev–Trinajstić information content (AvgIpc) is 3.00. The molecule has 0 spiro atoms. The van der Waals surface area contributed by atoms with E-state index in [2.05, 4.69) is 4.90 Å². The fourth-order valence-electron chi connectivity index (χ4n) is 2.38. The van der Waals surface area contributed by atoms with Gasteiger partial charge in [-0.15, -0.1) is 0 Å². The smallest absolute Gasteiger partial charge is 0.103 e. The molecule has 2 rings (SSSR count). The Bertz CT molecular complexity index is 198. The normalized spacial score (nSPS) is 25.1. The summed E-state index contributed by atoms with van der Waals surface area (Å²) in [6.07, 6.45) is 3.49. The molecule has 16 heavy (non-hydrogen) atoms. The number of rotatable bonds is 5. The molecule has 0 N–H and O–H groups in total. The molecule has 1 aliphatic heterocycles. The number of hydrogen-bond acceptors (Lipinski definition) is 2. The fourth-order valence-corrected chi connectivity index (χ4v) is 2.38. The van der Waals surface area contributed by atoms with Crippen molar-refractivity contribution in [2.45, 2.75) is 46.2 Å². The molecular formula is C13H26FNO. The van der Waals surface area contributed by atoms with Crippen LogP contribution in [0.5, 0.6) is 0 Å². The molecule has 2 aliphatic rings. The van der Waals surface area contributed by atoms with Gasteiger partial charge in [0.1, 0.15) is 6.17 Å². The summed E-state index contributed by atoms with van der Waals surface area (Å²) in [7, 11) is 0. The van der Waals surface area contributed by atoms with Crippen LogP contribution in [0, 0.1) is 5.41 Å². The topological polar surface area (TPSA) is 12.5 Å². The van der Waals surface area contributed by atoms with Crippen LogP contribution in [0.4, 0.5) is 4.39 Å². The van der Waals surface area contributed by atoms with Crippen molar-refractivity contribution in [3.8, 4) is 0 Å². The van der Waals surface area contributed by atoms with Crippen molar-refractivity contribution < 1.29 is 9.13 Å². The second-order valence-corrected chi connectivity index (χ2v) is 5.09. The van der Waals surface area contributed by atoms with Gasteiger partial charge in [0.05, 0.1) is 6.61 Å². The van der Waals surface area contributed by atoms with Crippen molar-refractivity contribution in [1.29, 1.82) is 0 Å². The van der Waals surface area contributed by atoms with E-state index in [0.717, 1.165) is 45.7 Å². The third-order valence-corrected chi connectivity index (χ3v) is 3.65. The van der Waals surface area contributed by atoms with E-state index >= 15 is 0 Å². The molecule has 1 saturated heterocycles. The lowest BCUT2D eigenvalue weighted by Gasteiger charge is -2.31. The lowest BCUT2D eigenvalue weighted by Crippen LogP contribution is -2.39. The number of likely N-dealkylation sites (tertiary alicyclic amines) is 1. The highest BCUT2D eigenvalue weighted by Gasteiger charge is 2.44. The summed E-state index contributed by atoms with van der Waals surface area (Å²) in [6, 6.07) is 0. The Kier molecular flexibility index (Phi) is 5.19. The number of nitrogens with zero attached hydrogens (tertiary/aromatic N) is 1. The Balaban J connectivity index is 0.00000128. The third-order valence-electron chi connectivity index (χ3n) is 3.65. The van der Waals surface area contributed by atoms with Gasteiger partial charge in [0.25, 0.3) is 0 Å². The number of piperidine rings is 1. The number of alkyl halides is 1. The van der Waals surface area contributed by atoms with Crippen LogP contribution in [0.25, 0.3) is 0 Å². The molecule has 2 nitrogen and oxygen atoms in total. The molecule has 2 fully saturated rings. The van der Waals surface area contributed by atoms with Crippen molar-refractivity contribution in [1.82, 2.24) is 4.90 Å². The predicted molar refractivity (Wildman–Crippen MR) is 65.5 cm³/mol. The Morgan fingerprint density at radius 3 is 2.44 bits per heavy atom. The minimum Gasteiger partial charge on any atom is -0.381 e. The zero-order chi connectivity index (χ0) is 10.7. The molecule has 0 aromatic heterocycles. The van der Waals surface area contributed by atoms with Crippen molar-refractivity contribution in [2.75, 3.05) is 32.8 Å². The van der Waals surface area contributed by atoms with E-state index in [4.69, 9.17) is 4.74 Å². The number of hydrogen-bond donors (Lipinski definition) is 0. The molecule has 1 saturated carbocycles. The maximum atomic E-state index is 13.0. The van der Waals surface area contributed by atoms with Crippen LogP contribution in [0.1, 0.15) is 40.0 Å². The molecule has 3 heteroatoms. The lowest BCUT2D eigenvalue weighted by molar-refractivity contribution is 0.0641. The predicted octanol–water partition coefficient (Wildman–Crippen LogP) is 2.87. The summed E-state index contributed by atoms with van der Waals surface area (Å²) in [6.45, 7) is 6.77. The fraction of sp³-hybridized carbons (Fsp3) is 1.00. The summed E-state index contributed by atoms with van der Waals surface area (Å²) in [4.78, 5) is 2.42. The Hall–Kier alpha value is -0.150. The minimum absolute atomic E-state index is 0. The Morgan fingerprint density at radius 1 is 1.31 bits per heavy atom. The summed E-state index contributed by atoms with van der Waals surface area (Å²) in [5, 5.41) is 0. The minimum atomic E-state index is -0.553. The molecule has 1 aliphatic carbocycles. The molecule has 0 bridgehead atoms. The van der Waals surface area contributed by atoms with E-state index < -0.39 is 6.17 Å². The van der Waals surface area contributed by atoms with Crippen LogP contribution in [0.2, 0.25) is 0 Å². The molecule has 96 valence electrons. The van der Waals surface area contributed by atoms with Gasteiger partial charge in [-0.05, 0) is 32.6 Å². The van der Waals surface area contributed by atoms with Gasteiger partial charge in [-0.2, -0.15) is 0 Å². The van der Waals surface area contributed by atoms with Crippen molar-refractivity contribution in [3.63, 3.8) is 0 Å². The molecule has 0 aromatic rings. The highest BCUT2D eigenvalue weighted by Crippen LogP contribution is 2.46. The molecule has 0 atom stereocenters. The second kappa shape index (κ2) is 5.97. The zero-order valence-corrected chi connectivity index (χ0v) is 9.67. The zero-order valence-electron chi connectivity index (χ0n) is 9.67. The van der Waals surface area contributed by atoms with E-state index in [1.807, 2.05) is 6.92 Å². The van der Waals surface area contributed by atoms with Crippen molar-refractivity contribution >= 4 is 0 Å². The van der Waals surface area contributed by atoms with Crippen LogP contribution in [0.3, 0.4) is 0 Å². The lowest BCUT2D eigenvalue weighted by atomic mass is 10.0. The van der Waals surface area contributed by atoms with E-state index in [1.54, 1.807) is 0 Å². The maximum Gasteiger partial charge on any atom is 0.103 e. The Labute approximate surface area is 99.2 Å². The summed E-state index contributed by atoms with van der Waals surface area (Å²) in [5.41, 5.74) is 0.430. The van der Waals surface area contributed by atoms with Crippen LogP contribution in [-0.2, 0) is 4.74 Å². The van der Waals surface area contributed by atoms with Crippen LogP contribution < -0.4 is 0 Å². The van der Waals surface area contributed by atoms with Crippen molar-refractivity contribution in [3.05, 3.63) is 0 Å². The van der Waals surface area contributed by atoms with E-state index in [0.29, 0.717) is 5.41 Å². The average molecular weight is 231 g/mol. The standard InChI is InChI=1S/C12H22FNO.CH4/c1-2-15-10-12(5-6-12)9-14-7-3-11(13)4-8-14;/h11H,2-10H2,1H3;1H4. The summed E-state index contributed by atoms with van der Waals surface area (Å²) in [5.74, 6) is 0. The first kappa shape index (κ1) is 13.9. The van der Waals surface area contributed by atoms with E-state index in [9.17, 15) is 4.39 Å². The monoisotopic (exact) mass is 231 g/mol. The molecule has 0 aromatic carbocycles. The van der Waals surface area contributed by atoms with Gasteiger partial charge in [-0.1, -0.05) is 7.43 Å². The van der Waals surface area contributed by atoms with Crippen LogP contribution in [0.15, 0.2) is 0 Å². The SMILES string of the molecule is C.CCOCC1(CN2CCC(F)CC2)CC1. The first-order chi connectivity index (χ1) is 7.24. The first-order valence-electron chi connectivity index (χ1n) is 6.18. The van der Waals surface area contributed by atoms with E-state index in [-0.39, 0.29) is 7.43 Å². The summed E-state index contributed by atoms with van der Waals surface area (Å²) >= 11 is 0. The quantitative estimate of drug-likeness (QED) is 0.721. The van der Waals surface area contributed by atoms with Gasteiger partial charge in [-0.25, -0.2) is 4.39 Å². The highest BCUT2D eigenvalue weighted by atomic mass is 19.1. The summed E-state index contributed by atoms with van der Waals surface area (Å²) < 4.78 is 18.5. The largest absolute Gasteiger partial charge is 0.381 e. The van der Waals surface area contributed by atoms with Gasteiger partial charge in [-0.3, -0.25) is 0 Å². The molecule has 0 radical (unpaired) electrons. The number of ether oxygens (including phenoxy) is 1. The molecule has 1 heterocycles. The van der Waals surface area contributed by atoms with Gasteiger partial charge in [0.15, 0.2) is 0 Å². The van der Waals surface area contributed by atoms with Gasteiger partial charge in [0, 0.05) is 31.7 Å². The van der Waals surface area contributed by atoms with Gasteiger partial charge in [0.2, 0.25) is 0 Å². The molecule has 0 unspecified atom stereocenters. The highest BCUT2D eigenvalue weighted by molar-refractivity contribution is 4.96. The Morgan fingerprint density at radius 2 is 1.94 bits per heavy atom. The number of halogens is 1. The second-order valence-electron chi connectivity index (χ2n) is 5.09. The van der Waals surface area contributed by atoms with Gasteiger partial charge >= 0.3 is 0 Å². The first-order valence-corrected chi connectivity index (χ1v) is 6.18.